The number of hydrogen-bond donors (Lipinski definition) is 1. The number of carbonyl (C=O) groups is 1. The number of rotatable bonds is 7. The lowest BCUT2D eigenvalue weighted by atomic mass is 9.99. The first-order chi connectivity index (χ1) is 16.7. The van der Waals surface area contributed by atoms with E-state index in [0.717, 1.165) is 34.2 Å². The van der Waals surface area contributed by atoms with E-state index in [0.29, 0.717) is 29.2 Å². The highest BCUT2D eigenvalue weighted by molar-refractivity contribution is 6.05. The van der Waals surface area contributed by atoms with E-state index >= 15 is 0 Å². The van der Waals surface area contributed by atoms with Crippen molar-refractivity contribution >= 4 is 28.1 Å². The van der Waals surface area contributed by atoms with Gasteiger partial charge in [0, 0.05) is 34.3 Å². The van der Waals surface area contributed by atoms with Crippen LogP contribution in [0.2, 0.25) is 0 Å². The number of amides is 1. The van der Waals surface area contributed by atoms with E-state index in [4.69, 9.17) is 9.15 Å². The molecule has 8 heteroatoms. The van der Waals surface area contributed by atoms with E-state index in [-0.39, 0.29) is 5.75 Å². The lowest BCUT2D eigenvalue weighted by Gasteiger charge is -2.12. The number of hydrogen-bond acceptors (Lipinski definition) is 4. The predicted octanol–water partition coefficient (Wildman–Crippen LogP) is 7.44. The molecule has 0 spiro atoms. The average molecular weight is 481 g/mol. The monoisotopic (exact) mass is 481 g/mol. The Morgan fingerprint density at radius 3 is 2.43 bits per heavy atom. The Labute approximate surface area is 199 Å². The fourth-order valence-electron chi connectivity index (χ4n) is 3.67. The Bertz CT molecular complexity index is 1360. The molecule has 0 radical (unpaired) electrons. The molecular weight excluding hydrogens is 459 g/mol. The van der Waals surface area contributed by atoms with Crippen LogP contribution < -0.4 is 14.8 Å². The third kappa shape index (κ3) is 5.84. The summed E-state index contributed by atoms with van der Waals surface area (Å²) >= 11 is 0. The Morgan fingerprint density at radius 2 is 1.77 bits per heavy atom. The summed E-state index contributed by atoms with van der Waals surface area (Å²) in [7, 11) is 0. The van der Waals surface area contributed by atoms with Crippen LogP contribution in [0.15, 0.2) is 83.5 Å². The summed E-state index contributed by atoms with van der Waals surface area (Å²) in [6.45, 7) is 4.08. The molecule has 1 N–H and O–H groups in total. The minimum absolute atomic E-state index is 0.329. The third-order valence-corrected chi connectivity index (χ3v) is 5.19. The van der Waals surface area contributed by atoms with Gasteiger partial charge in [0.25, 0.3) is 0 Å². The minimum atomic E-state index is -4.78. The van der Waals surface area contributed by atoms with Gasteiger partial charge in [0.15, 0.2) is 0 Å². The molecule has 1 aromatic heterocycles. The van der Waals surface area contributed by atoms with Gasteiger partial charge in [-0.15, -0.1) is 13.2 Å². The van der Waals surface area contributed by atoms with E-state index < -0.39 is 12.3 Å². The number of anilines is 1. The predicted molar refractivity (Wildman–Crippen MR) is 128 cm³/mol. The molecule has 4 rings (SSSR count). The maximum atomic E-state index is 12.6. The van der Waals surface area contributed by atoms with Crippen molar-refractivity contribution in [3.8, 4) is 22.6 Å². The van der Waals surface area contributed by atoms with E-state index in [1.54, 1.807) is 19.3 Å². The summed E-state index contributed by atoms with van der Waals surface area (Å²) in [6.07, 6.45) is -1.68. The fraction of sp³-hybridized carbons (Fsp3) is 0.148. The summed E-state index contributed by atoms with van der Waals surface area (Å²) in [5.74, 6) is -0.236. The topological polar surface area (TPSA) is 60.7 Å². The first kappa shape index (κ1) is 23.9. The number of carbonyl (C=O) groups excluding carboxylic acids is 1. The molecule has 180 valence electrons. The van der Waals surface area contributed by atoms with E-state index in [9.17, 15) is 18.0 Å². The van der Waals surface area contributed by atoms with Crippen molar-refractivity contribution in [3.05, 3.63) is 84.6 Å². The molecule has 5 nitrogen and oxygen atoms in total. The summed E-state index contributed by atoms with van der Waals surface area (Å²) in [6, 6.07) is 18.5. The fourth-order valence-corrected chi connectivity index (χ4v) is 3.67. The molecule has 0 saturated carbocycles. The lowest BCUT2D eigenvalue weighted by molar-refractivity contribution is -0.274. The second-order valence-electron chi connectivity index (χ2n) is 7.68. The third-order valence-electron chi connectivity index (χ3n) is 5.19. The van der Waals surface area contributed by atoms with Gasteiger partial charge in [-0.2, -0.15) is 0 Å². The molecule has 0 atom stereocenters. The van der Waals surface area contributed by atoms with Crippen molar-refractivity contribution in [1.29, 1.82) is 0 Å². The largest absolute Gasteiger partial charge is 0.573 e. The maximum Gasteiger partial charge on any atom is 0.573 e. The number of furan rings is 1. The zero-order valence-electron chi connectivity index (χ0n) is 19.0. The van der Waals surface area contributed by atoms with Crippen LogP contribution in [-0.4, -0.2) is 18.9 Å². The summed E-state index contributed by atoms with van der Waals surface area (Å²) in [4.78, 5) is 12.6. The summed E-state index contributed by atoms with van der Waals surface area (Å²) in [5, 5.41) is 3.52. The number of alkyl halides is 3. The zero-order valence-corrected chi connectivity index (χ0v) is 19.0. The van der Waals surface area contributed by atoms with Gasteiger partial charge in [-0.3, -0.25) is 4.79 Å². The van der Waals surface area contributed by atoms with Crippen LogP contribution in [0.25, 0.3) is 27.7 Å². The molecule has 0 aliphatic heterocycles. The molecule has 0 unspecified atom stereocenters. The van der Waals surface area contributed by atoms with Crippen LogP contribution in [0.3, 0.4) is 0 Å². The highest BCUT2D eigenvalue weighted by atomic mass is 19.4. The van der Waals surface area contributed by atoms with Crippen molar-refractivity contribution < 1.29 is 31.9 Å². The zero-order chi connectivity index (χ0) is 25.0. The van der Waals surface area contributed by atoms with Gasteiger partial charge in [0.1, 0.15) is 17.1 Å². The smallest absolute Gasteiger partial charge is 0.493 e. The first-order valence-corrected chi connectivity index (χ1v) is 10.8. The molecule has 35 heavy (non-hydrogen) atoms. The quantitative estimate of drug-likeness (QED) is 0.279. The first-order valence-electron chi connectivity index (χ1n) is 10.8. The van der Waals surface area contributed by atoms with Crippen molar-refractivity contribution in [2.75, 3.05) is 11.9 Å². The number of benzene rings is 3. The van der Waals surface area contributed by atoms with Gasteiger partial charge < -0.3 is 19.2 Å². The number of halogens is 3. The van der Waals surface area contributed by atoms with Gasteiger partial charge in [-0.05, 0) is 55.3 Å². The normalized spacial score (nSPS) is 12.0. The van der Waals surface area contributed by atoms with Crippen LogP contribution in [-0.2, 0) is 4.79 Å². The van der Waals surface area contributed by atoms with Gasteiger partial charge >= 0.3 is 6.36 Å². The van der Waals surface area contributed by atoms with Gasteiger partial charge in [-0.1, -0.05) is 30.3 Å². The highest BCUT2D eigenvalue weighted by Crippen LogP contribution is 2.37. The van der Waals surface area contributed by atoms with Crippen molar-refractivity contribution in [3.63, 3.8) is 0 Å². The summed E-state index contributed by atoms with van der Waals surface area (Å²) < 4.78 is 52.4. The molecule has 0 bridgehead atoms. The summed E-state index contributed by atoms with van der Waals surface area (Å²) in [5.41, 5.74) is 4.28. The molecule has 0 fully saturated rings. The van der Waals surface area contributed by atoms with Gasteiger partial charge in [0.05, 0.1) is 12.9 Å². The van der Waals surface area contributed by atoms with E-state index in [2.05, 4.69) is 10.1 Å². The second-order valence-corrected chi connectivity index (χ2v) is 7.68. The Morgan fingerprint density at radius 1 is 1.06 bits per heavy atom. The number of ether oxygens (including phenoxy) is 2. The molecule has 0 aliphatic carbocycles. The molecule has 0 aliphatic rings. The number of nitrogens with one attached hydrogen (secondary N) is 1. The van der Waals surface area contributed by atoms with Crippen LogP contribution in [0.5, 0.6) is 11.5 Å². The number of allylic oxidation sites excluding steroid dienone is 1. The van der Waals surface area contributed by atoms with Gasteiger partial charge in [0.2, 0.25) is 5.91 Å². The molecular formula is C27H22F3NO4. The standard InChI is InChI=1S/C27H22F3NO4/c1-3-33-24-15-25-22(23(16-34-25)18-7-5-4-6-8-18)14-21(24)17(2)13-26(32)31-19-9-11-20(12-10-19)35-27(28,29)30/h4-16H,3H2,1-2H3,(H,31,32)/b17-13+. The van der Waals surface area contributed by atoms with Crippen LogP contribution in [0.1, 0.15) is 19.4 Å². The minimum Gasteiger partial charge on any atom is -0.493 e. The Kier molecular flexibility index (Phi) is 6.82. The molecule has 0 saturated heterocycles. The lowest BCUT2D eigenvalue weighted by Crippen LogP contribution is -2.17. The highest BCUT2D eigenvalue weighted by Gasteiger charge is 2.31. The van der Waals surface area contributed by atoms with Crippen LogP contribution >= 0.6 is 0 Å². The van der Waals surface area contributed by atoms with E-state index in [1.807, 2.05) is 43.3 Å². The molecule has 3 aromatic carbocycles. The van der Waals surface area contributed by atoms with Crippen molar-refractivity contribution in [2.24, 2.45) is 0 Å². The van der Waals surface area contributed by atoms with E-state index in [1.165, 1.54) is 18.2 Å². The SMILES string of the molecule is CCOc1cc2occ(-c3ccccc3)c2cc1/C(C)=C/C(=O)Nc1ccc(OC(F)(F)F)cc1. The van der Waals surface area contributed by atoms with Crippen molar-refractivity contribution in [2.45, 2.75) is 20.2 Å². The van der Waals surface area contributed by atoms with Crippen LogP contribution in [0, 0.1) is 0 Å². The van der Waals surface area contributed by atoms with Crippen LogP contribution in [0.4, 0.5) is 18.9 Å². The molecule has 4 aromatic rings. The Balaban J connectivity index is 1.61. The average Bonchev–Trinajstić information content (AvgIpc) is 3.22. The number of fused-ring (bicyclic) bond motifs is 1. The van der Waals surface area contributed by atoms with Gasteiger partial charge in [-0.25, -0.2) is 0 Å². The molecule has 1 amide bonds. The maximum absolute atomic E-state index is 12.6. The molecule has 1 heterocycles. The van der Waals surface area contributed by atoms with Crippen molar-refractivity contribution in [1.82, 2.24) is 0 Å². The Hall–Kier alpha value is -4.20. The second kappa shape index (κ2) is 9.97.